The lowest BCUT2D eigenvalue weighted by atomic mass is 10.2. The summed E-state index contributed by atoms with van der Waals surface area (Å²) in [5, 5.41) is 1.67. The maximum Gasteiger partial charge on any atom is 0.138 e. The number of nitrogens with two attached hydrogens (primary N) is 1. The van der Waals surface area contributed by atoms with Crippen molar-refractivity contribution in [1.29, 1.82) is 0 Å². The summed E-state index contributed by atoms with van der Waals surface area (Å²) in [6.07, 6.45) is 0. The molecule has 0 fully saturated rings. The lowest BCUT2D eigenvalue weighted by molar-refractivity contribution is 0.306. The van der Waals surface area contributed by atoms with E-state index in [2.05, 4.69) is 15.3 Å². The monoisotopic (exact) mass is 265 g/mol. The van der Waals surface area contributed by atoms with E-state index >= 15 is 0 Å². The van der Waals surface area contributed by atoms with E-state index in [9.17, 15) is 0 Å². The lowest BCUT2D eigenvalue weighted by Crippen LogP contribution is -1.99. The highest BCUT2D eigenvalue weighted by molar-refractivity contribution is 7.27. The Morgan fingerprint density at radius 3 is 2.71 bits per heavy atom. The molecule has 1 atom stereocenters. The second kappa shape index (κ2) is 5.39. The van der Waals surface area contributed by atoms with E-state index in [4.69, 9.17) is 22.1 Å². The van der Waals surface area contributed by atoms with E-state index in [1.165, 1.54) is 0 Å². The van der Waals surface area contributed by atoms with E-state index in [0.717, 1.165) is 10.9 Å². The number of ether oxygens (including phenoxy) is 1. The number of hydrogen-bond donors (Lipinski definition) is 1. The van der Waals surface area contributed by atoms with Gasteiger partial charge in [0.15, 0.2) is 0 Å². The number of halogens is 1. The Kier molecular flexibility index (Phi) is 3.88. The lowest BCUT2D eigenvalue weighted by Gasteiger charge is -2.09. The molecule has 1 unspecified atom stereocenters. The molecule has 2 rings (SSSR count). The number of anilines is 1. The molecule has 0 spiro atoms. The molecule has 0 aliphatic carbocycles. The van der Waals surface area contributed by atoms with Crippen LogP contribution in [-0.2, 0) is 6.61 Å². The third-order valence-corrected chi connectivity index (χ3v) is 2.96. The molecule has 0 aromatic heterocycles. The summed E-state index contributed by atoms with van der Waals surface area (Å²) in [6.45, 7) is 0.492. The highest BCUT2D eigenvalue weighted by Crippen LogP contribution is 2.27. The summed E-state index contributed by atoms with van der Waals surface area (Å²) in [5.74, 6) is 0.648. The summed E-state index contributed by atoms with van der Waals surface area (Å²) in [4.78, 5) is 0. The van der Waals surface area contributed by atoms with Gasteiger partial charge in [0.1, 0.15) is 12.4 Å². The van der Waals surface area contributed by atoms with Crippen molar-refractivity contribution < 1.29 is 4.74 Å². The SMILES string of the molecule is Nc1ccc(OCc2cccc(P)c2)c(Cl)c1. The van der Waals surface area contributed by atoms with Crippen molar-refractivity contribution in [3.8, 4) is 5.75 Å². The fraction of sp³-hybridized carbons (Fsp3) is 0.0769. The van der Waals surface area contributed by atoms with Gasteiger partial charge >= 0.3 is 0 Å². The zero-order valence-corrected chi connectivity index (χ0v) is 11.1. The Bertz CT molecular complexity index is 531. The largest absolute Gasteiger partial charge is 0.487 e. The molecule has 0 heterocycles. The molecular weight excluding hydrogens is 253 g/mol. The van der Waals surface area contributed by atoms with Crippen LogP contribution in [0, 0.1) is 0 Å². The Hall–Kier alpha value is -1.24. The third kappa shape index (κ3) is 3.36. The van der Waals surface area contributed by atoms with Crippen LogP contribution in [-0.4, -0.2) is 0 Å². The van der Waals surface area contributed by atoms with Crippen LogP contribution in [0.2, 0.25) is 5.02 Å². The van der Waals surface area contributed by atoms with Gasteiger partial charge in [0, 0.05) is 5.69 Å². The molecule has 0 aliphatic heterocycles. The van der Waals surface area contributed by atoms with Crippen molar-refractivity contribution >= 4 is 31.8 Å². The van der Waals surface area contributed by atoms with E-state index in [0.29, 0.717) is 23.1 Å². The van der Waals surface area contributed by atoms with Gasteiger partial charge in [-0.05, 0) is 35.1 Å². The molecule has 0 saturated heterocycles. The van der Waals surface area contributed by atoms with E-state index in [-0.39, 0.29) is 0 Å². The summed E-state index contributed by atoms with van der Waals surface area (Å²) < 4.78 is 5.64. The number of rotatable bonds is 3. The summed E-state index contributed by atoms with van der Waals surface area (Å²) >= 11 is 6.02. The second-order valence-corrected chi connectivity index (χ2v) is 4.80. The first-order valence-electron chi connectivity index (χ1n) is 5.17. The molecular formula is C13H13ClNOP. The minimum absolute atomic E-state index is 0.492. The quantitative estimate of drug-likeness (QED) is 0.684. The highest BCUT2D eigenvalue weighted by Gasteiger charge is 2.02. The minimum Gasteiger partial charge on any atom is -0.487 e. The molecule has 0 bridgehead atoms. The Balaban J connectivity index is 2.07. The first-order chi connectivity index (χ1) is 8.15. The van der Waals surface area contributed by atoms with Gasteiger partial charge in [-0.15, -0.1) is 9.24 Å². The van der Waals surface area contributed by atoms with Gasteiger partial charge in [0.2, 0.25) is 0 Å². The normalized spacial score (nSPS) is 10.2. The third-order valence-electron chi connectivity index (χ3n) is 2.30. The molecule has 4 heteroatoms. The highest BCUT2D eigenvalue weighted by atomic mass is 35.5. The first kappa shape index (κ1) is 12.2. The zero-order chi connectivity index (χ0) is 12.3. The van der Waals surface area contributed by atoms with Crippen LogP contribution in [0.15, 0.2) is 42.5 Å². The fourth-order valence-corrected chi connectivity index (χ4v) is 2.05. The molecule has 0 amide bonds. The van der Waals surface area contributed by atoms with Crippen molar-refractivity contribution in [3.63, 3.8) is 0 Å². The predicted molar refractivity (Wildman–Crippen MR) is 76.0 cm³/mol. The van der Waals surface area contributed by atoms with Crippen LogP contribution in [0.1, 0.15) is 5.56 Å². The topological polar surface area (TPSA) is 35.2 Å². The first-order valence-corrected chi connectivity index (χ1v) is 6.13. The van der Waals surface area contributed by atoms with Crippen LogP contribution >= 0.6 is 20.8 Å². The van der Waals surface area contributed by atoms with Gasteiger partial charge in [0.25, 0.3) is 0 Å². The molecule has 2 aromatic rings. The molecule has 2 aromatic carbocycles. The second-order valence-electron chi connectivity index (χ2n) is 3.72. The molecule has 88 valence electrons. The molecule has 2 N–H and O–H groups in total. The smallest absolute Gasteiger partial charge is 0.138 e. The van der Waals surface area contributed by atoms with Crippen LogP contribution in [0.3, 0.4) is 0 Å². The predicted octanol–water partition coefficient (Wildman–Crippen LogP) is 3.00. The molecule has 0 radical (unpaired) electrons. The summed E-state index contributed by atoms with van der Waals surface area (Å²) in [6, 6.07) is 13.3. The number of nitrogen functional groups attached to an aromatic ring is 1. The number of benzene rings is 2. The number of hydrogen-bond acceptors (Lipinski definition) is 2. The van der Waals surface area contributed by atoms with Crippen LogP contribution < -0.4 is 15.8 Å². The van der Waals surface area contributed by atoms with Crippen molar-refractivity contribution in [2.24, 2.45) is 0 Å². The van der Waals surface area contributed by atoms with Crippen molar-refractivity contribution in [2.45, 2.75) is 6.61 Å². The molecule has 0 saturated carbocycles. The minimum atomic E-state index is 0.492. The van der Waals surface area contributed by atoms with Crippen molar-refractivity contribution in [1.82, 2.24) is 0 Å². The van der Waals surface area contributed by atoms with Crippen LogP contribution in [0.25, 0.3) is 0 Å². The van der Waals surface area contributed by atoms with Gasteiger partial charge in [-0.2, -0.15) is 0 Å². The van der Waals surface area contributed by atoms with Gasteiger partial charge in [-0.3, -0.25) is 0 Å². The maximum absolute atomic E-state index is 6.02. The van der Waals surface area contributed by atoms with E-state index < -0.39 is 0 Å². The summed E-state index contributed by atoms with van der Waals surface area (Å²) in [7, 11) is 2.66. The average molecular weight is 266 g/mol. The van der Waals surface area contributed by atoms with Gasteiger partial charge in [-0.25, -0.2) is 0 Å². The van der Waals surface area contributed by atoms with Gasteiger partial charge in [0.05, 0.1) is 5.02 Å². The Labute approximate surface area is 108 Å². The molecule has 17 heavy (non-hydrogen) atoms. The standard InChI is InChI=1S/C13H13ClNOP/c14-12-7-10(15)4-5-13(12)16-8-9-2-1-3-11(17)6-9/h1-7H,8,15,17H2. The molecule has 0 aliphatic rings. The zero-order valence-electron chi connectivity index (χ0n) is 9.19. The van der Waals surface area contributed by atoms with Crippen LogP contribution in [0.4, 0.5) is 5.69 Å². The Morgan fingerprint density at radius 1 is 1.18 bits per heavy atom. The summed E-state index contributed by atoms with van der Waals surface area (Å²) in [5.41, 5.74) is 7.35. The molecule has 2 nitrogen and oxygen atoms in total. The van der Waals surface area contributed by atoms with E-state index in [1.54, 1.807) is 18.2 Å². The van der Waals surface area contributed by atoms with Crippen LogP contribution in [0.5, 0.6) is 5.75 Å². The van der Waals surface area contributed by atoms with Gasteiger partial charge < -0.3 is 10.5 Å². The average Bonchev–Trinajstić information content (AvgIpc) is 2.28. The van der Waals surface area contributed by atoms with Crippen molar-refractivity contribution in [2.75, 3.05) is 5.73 Å². The fourth-order valence-electron chi connectivity index (χ4n) is 1.48. The Morgan fingerprint density at radius 2 is 2.00 bits per heavy atom. The van der Waals surface area contributed by atoms with Crippen molar-refractivity contribution in [3.05, 3.63) is 53.1 Å². The maximum atomic E-state index is 6.02. The van der Waals surface area contributed by atoms with Gasteiger partial charge in [-0.1, -0.05) is 29.8 Å². The van der Waals surface area contributed by atoms with E-state index in [1.807, 2.05) is 18.2 Å².